The lowest BCUT2D eigenvalue weighted by Crippen LogP contribution is -2.24. The van der Waals surface area contributed by atoms with Gasteiger partial charge in [-0.05, 0) is 26.0 Å². The van der Waals surface area contributed by atoms with Crippen molar-refractivity contribution >= 4 is 5.97 Å². The number of rotatable bonds is 8. The summed E-state index contributed by atoms with van der Waals surface area (Å²) in [4.78, 5) is 15.5. The van der Waals surface area contributed by atoms with Gasteiger partial charge < -0.3 is 14.8 Å². The van der Waals surface area contributed by atoms with Crippen molar-refractivity contribution in [3.63, 3.8) is 0 Å². The molecule has 0 fully saturated rings. The van der Waals surface area contributed by atoms with Gasteiger partial charge in [0.2, 0.25) is 5.88 Å². The van der Waals surface area contributed by atoms with Crippen molar-refractivity contribution in [2.45, 2.75) is 33.2 Å². The lowest BCUT2D eigenvalue weighted by atomic mass is 10.3. The van der Waals surface area contributed by atoms with Crippen LogP contribution < -0.4 is 10.1 Å². The summed E-state index contributed by atoms with van der Waals surface area (Å²) in [6.45, 7) is 7.87. The molecular formula is C14H22N2O3. The van der Waals surface area contributed by atoms with Gasteiger partial charge in [-0.3, -0.25) is 0 Å². The third-order valence-corrected chi connectivity index (χ3v) is 2.37. The molecule has 0 atom stereocenters. The van der Waals surface area contributed by atoms with Crippen LogP contribution in [0.2, 0.25) is 0 Å². The number of aromatic nitrogens is 1. The zero-order chi connectivity index (χ0) is 14.1. The third-order valence-electron chi connectivity index (χ3n) is 2.37. The van der Waals surface area contributed by atoms with Crippen molar-refractivity contribution in [3.05, 3.63) is 23.9 Å². The van der Waals surface area contributed by atoms with E-state index in [1.54, 1.807) is 19.1 Å². The fourth-order valence-corrected chi connectivity index (χ4v) is 1.44. The molecule has 19 heavy (non-hydrogen) atoms. The third kappa shape index (κ3) is 6.20. The van der Waals surface area contributed by atoms with Gasteiger partial charge in [-0.2, -0.15) is 0 Å². The van der Waals surface area contributed by atoms with Gasteiger partial charge in [-0.25, -0.2) is 9.78 Å². The first-order valence-electron chi connectivity index (χ1n) is 6.62. The highest BCUT2D eigenvalue weighted by Crippen LogP contribution is 2.08. The average Bonchev–Trinajstić information content (AvgIpc) is 2.39. The van der Waals surface area contributed by atoms with Crippen LogP contribution in [0.1, 0.15) is 37.6 Å². The summed E-state index contributed by atoms with van der Waals surface area (Å²) >= 11 is 0. The molecule has 1 N–H and O–H groups in total. The largest absolute Gasteiger partial charge is 0.478 e. The molecule has 0 saturated heterocycles. The number of nitrogens with zero attached hydrogens (tertiary/aromatic N) is 1. The minimum Gasteiger partial charge on any atom is -0.478 e. The van der Waals surface area contributed by atoms with Gasteiger partial charge in [-0.15, -0.1) is 0 Å². The molecular weight excluding hydrogens is 244 g/mol. The molecule has 0 aliphatic carbocycles. The zero-order valence-corrected chi connectivity index (χ0v) is 11.8. The van der Waals surface area contributed by atoms with Crippen LogP contribution in [0.4, 0.5) is 0 Å². The Morgan fingerprint density at radius 3 is 2.79 bits per heavy atom. The SMILES string of the molecule is CCOC(=O)c1ccc(OCCCNC(C)C)nc1. The average molecular weight is 266 g/mol. The monoisotopic (exact) mass is 266 g/mol. The number of carbonyl (C=O) groups is 1. The van der Waals surface area contributed by atoms with E-state index >= 15 is 0 Å². The Kier molecular flexibility index (Phi) is 6.89. The molecule has 1 aromatic rings. The summed E-state index contributed by atoms with van der Waals surface area (Å²) in [5.41, 5.74) is 0.440. The van der Waals surface area contributed by atoms with E-state index in [1.165, 1.54) is 6.20 Å². The molecule has 1 heterocycles. The molecule has 0 aliphatic heterocycles. The van der Waals surface area contributed by atoms with Gasteiger partial charge in [-0.1, -0.05) is 13.8 Å². The van der Waals surface area contributed by atoms with Crippen molar-refractivity contribution < 1.29 is 14.3 Å². The Balaban J connectivity index is 2.30. The highest BCUT2D eigenvalue weighted by atomic mass is 16.5. The first-order valence-corrected chi connectivity index (χ1v) is 6.62. The van der Waals surface area contributed by atoms with Crippen LogP contribution >= 0.6 is 0 Å². The summed E-state index contributed by atoms with van der Waals surface area (Å²) in [6.07, 6.45) is 2.39. The van der Waals surface area contributed by atoms with E-state index in [2.05, 4.69) is 24.1 Å². The highest BCUT2D eigenvalue weighted by molar-refractivity contribution is 5.89. The second kappa shape index (κ2) is 8.48. The first-order chi connectivity index (χ1) is 9.13. The van der Waals surface area contributed by atoms with Gasteiger partial charge in [0.05, 0.1) is 18.8 Å². The van der Waals surface area contributed by atoms with Crippen LogP contribution in [-0.2, 0) is 4.74 Å². The van der Waals surface area contributed by atoms with Crippen LogP contribution in [0.3, 0.4) is 0 Å². The number of hydrogen-bond acceptors (Lipinski definition) is 5. The summed E-state index contributed by atoms with van der Waals surface area (Å²) in [6, 6.07) is 3.83. The van der Waals surface area contributed by atoms with Crippen molar-refractivity contribution in [1.82, 2.24) is 10.3 Å². The van der Waals surface area contributed by atoms with Gasteiger partial charge >= 0.3 is 5.97 Å². The van der Waals surface area contributed by atoms with E-state index in [4.69, 9.17) is 9.47 Å². The molecule has 5 nitrogen and oxygen atoms in total. The molecule has 1 aromatic heterocycles. The second-order valence-corrected chi connectivity index (χ2v) is 4.42. The van der Waals surface area contributed by atoms with Crippen molar-refractivity contribution in [2.24, 2.45) is 0 Å². The molecule has 0 amide bonds. The fraction of sp³-hybridized carbons (Fsp3) is 0.571. The number of hydrogen-bond donors (Lipinski definition) is 1. The lowest BCUT2D eigenvalue weighted by Gasteiger charge is -2.08. The molecule has 1 rings (SSSR count). The molecule has 0 unspecified atom stereocenters. The molecule has 5 heteroatoms. The molecule has 0 radical (unpaired) electrons. The van der Waals surface area contributed by atoms with Crippen LogP contribution in [0, 0.1) is 0 Å². The fourth-order valence-electron chi connectivity index (χ4n) is 1.44. The maximum Gasteiger partial charge on any atom is 0.339 e. The van der Waals surface area contributed by atoms with Crippen LogP contribution in [-0.4, -0.2) is 36.8 Å². The Morgan fingerprint density at radius 1 is 1.42 bits per heavy atom. The Bertz CT molecular complexity index is 377. The summed E-state index contributed by atoms with van der Waals surface area (Å²) in [7, 11) is 0. The predicted octanol–water partition coefficient (Wildman–Crippen LogP) is 2.03. The van der Waals surface area contributed by atoms with Crippen molar-refractivity contribution in [3.8, 4) is 5.88 Å². The maximum absolute atomic E-state index is 11.4. The van der Waals surface area contributed by atoms with E-state index < -0.39 is 0 Å². The number of ether oxygens (including phenoxy) is 2. The van der Waals surface area contributed by atoms with Gasteiger partial charge in [0, 0.05) is 18.3 Å². The summed E-state index contributed by atoms with van der Waals surface area (Å²) in [5.74, 6) is 0.167. The minimum atomic E-state index is -0.359. The number of carbonyl (C=O) groups excluding carboxylic acids is 1. The first kappa shape index (κ1) is 15.4. The summed E-state index contributed by atoms with van der Waals surface area (Å²) < 4.78 is 10.4. The molecule has 0 spiro atoms. The normalized spacial score (nSPS) is 10.5. The number of pyridine rings is 1. The van der Waals surface area contributed by atoms with E-state index in [-0.39, 0.29) is 5.97 Å². The van der Waals surface area contributed by atoms with E-state index in [0.29, 0.717) is 30.7 Å². The van der Waals surface area contributed by atoms with Crippen LogP contribution in [0.25, 0.3) is 0 Å². The molecule has 0 aliphatic rings. The molecule has 0 bridgehead atoms. The zero-order valence-electron chi connectivity index (χ0n) is 11.8. The van der Waals surface area contributed by atoms with Gasteiger partial charge in [0.25, 0.3) is 0 Å². The second-order valence-electron chi connectivity index (χ2n) is 4.42. The topological polar surface area (TPSA) is 60.5 Å². The van der Waals surface area contributed by atoms with E-state index in [1.807, 2.05) is 0 Å². The summed E-state index contributed by atoms with van der Waals surface area (Å²) in [5, 5.41) is 3.31. The Hall–Kier alpha value is -1.62. The Labute approximate surface area is 114 Å². The number of esters is 1. The van der Waals surface area contributed by atoms with Crippen LogP contribution in [0.5, 0.6) is 5.88 Å². The molecule has 0 aromatic carbocycles. The maximum atomic E-state index is 11.4. The van der Waals surface area contributed by atoms with Crippen molar-refractivity contribution in [2.75, 3.05) is 19.8 Å². The van der Waals surface area contributed by atoms with E-state index in [0.717, 1.165) is 13.0 Å². The highest BCUT2D eigenvalue weighted by Gasteiger charge is 2.06. The number of nitrogens with one attached hydrogen (secondary N) is 1. The standard InChI is InChI=1S/C14H22N2O3/c1-4-18-14(17)12-6-7-13(16-10-12)19-9-5-8-15-11(2)3/h6-7,10-11,15H,4-5,8-9H2,1-3H3. The van der Waals surface area contributed by atoms with Crippen molar-refractivity contribution in [1.29, 1.82) is 0 Å². The molecule has 106 valence electrons. The minimum absolute atomic E-state index is 0.359. The van der Waals surface area contributed by atoms with Gasteiger partial charge in [0.1, 0.15) is 0 Å². The van der Waals surface area contributed by atoms with Gasteiger partial charge in [0.15, 0.2) is 0 Å². The van der Waals surface area contributed by atoms with E-state index in [9.17, 15) is 4.79 Å². The quantitative estimate of drug-likeness (QED) is 0.576. The smallest absolute Gasteiger partial charge is 0.339 e. The molecule has 0 saturated carbocycles. The predicted molar refractivity (Wildman–Crippen MR) is 73.4 cm³/mol. The van der Waals surface area contributed by atoms with Crippen LogP contribution in [0.15, 0.2) is 18.3 Å². The lowest BCUT2D eigenvalue weighted by molar-refractivity contribution is 0.0526. The Morgan fingerprint density at radius 2 is 2.21 bits per heavy atom.